The Morgan fingerprint density at radius 1 is 1.50 bits per heavy atom. The molecule has 7 heteroatoms. The Morgan fingerprint density at radius 3 is 2.62 bits per heavy atom. The quantitative estimate of drug-likeness (QED) is 0.524. The minimum absolute atomic E-state index is 0.0206. The number of aliphatic hydroxyl groups is 3. The van der Waals surface area contributed by atoms with Crippen LogP contribution in [0, 0.1) is 0 Å². The molecule has 0 aliphatic carbocycles. The molecule has 2 aliphatic rings. The van der Waals surface area contributed by atoms with Crippen LogP contribution < -0.4 is 0 Å². The number of rotatable bonds is 2. The van der Waals surface area contributed by atoms with E-state index in [0.717, 1.165) is 0 Å². The van der Waals surface area contributed by atoms with Crippen molar-refractivity contribution in [2.45, 2.75) is 29.8 Å². The Labute approximate surface area is 97.2 Å². The maximum atomic E-state index is 11.3. The molecule has 1 amide bonds. The molecule has 2 saturated heterocycles. The van der Waals surface area contributed by atoms with Crippen molar-refractivity contribution >= 4 is 17.7 Å². The van der Waals surface area contributed by atoms with Crippen molar-refractivity contribution in [1.29, 1.82) is 0 Å². The number of hydrogen-bond acceptors (Lipinski definition) is 6. The van der Waals surface area contributed by atoms with Crippen molar-refractivity contribution in [2.24, 2.45) is 0 Å². The number of carbonyl (C=O) groups is 1. The fraction of sp³-hybridized carbons (Fsp3) is 0.889. The second kappa shape index (κ2) is 4.50. The van der Waals surface area contributed by atoms with Crippen LogP contribution in [-0.4, -0.2) is 75.3 Å². The van der Waals surface area contributed by atoms with E-state index in [1.807, 2.05) is 0 Å². The Bertz CT molecular complexity index is 289. The van der Waals surface area contributed by atoms with Crippen LogP contribution in [0.4, 0.5) is 0 Å². The summed E-state index contributed by atoms with van der Waals surface area (Å²) >= 11 is 1.37. The maximum absolute atomic E-state index is 11.3. The monoisotopic (exact) mass is 249 g/mol. The number of ether oxygens (including phenoxy) is 1. The Hall–Kier alpha value is -0.340. The van der Waals surface area contributed by atoms with Crippen LogP contribution in [0.15, 0.2) is 0 Å². The topological polar surface area (TPSA) is 90.2 Å². The summed E-state index contributed by atoms with van der Waals surface area (Å²) in [6.45, 7) is -0.343. The third kappa shape index (κ3) is 1.82. The third-order valence-corrected chi connectivity index (χ3v) is 4.35. The first-order valence-electron chi connectivity index (χ1n) is 5.06. The smallest absolute Gasteiger partial charge is 0.233 e. The van der Waals surface area contributed by atoms with Crippen molar-refractivity contribution in [2.75, 3.05) is 19.4 Å². The second-order valence-corrected chi connectivity index (χ2v) is 5.11. The molecule has 0 spiro atoms. The van der Waals surface area contributed by atoms with Gasteiger partial charge in [-0.3, -0.25) is 4.79 Å². The zero-order valence-corrected chi connectivity index (χ0v) is 9.63. The fourth-order valence-electron chi connectivity index (χ4n) is 1.99. The highest BCUT2D eigenvalue weighted by atomic mass is 32.2. The van der Waals surface area contributed by atoms with E-state index in [1.165, 1.54) is 16.7 Å². The van der Waals surface area contributed by atoms with Gasteiger partial charge in [-0.15, -0.1) is 11.8 Å². The van der Waals surface area contributed by atoms with E-state index in [-0.39, 0.29) is 17.9 Å². The molecular weight excluding hydrogens is 234 g/mol. The van der Waals surface area contributed by atoms with E-state index in [1.54, 1.807) is 7.05 Å². The molecule has 3 N–H and O–H groups in total. The second-order valence-electron chi connectivity index (χ2n) is 4.01. The van der Waals surface area contributed by atoms with Gasteiger partial charge in [-0.05, 0) is 0 Å². The van der Waals surface area contributed by atoms with Gasteiger partial charge < -0.3 is 25.0 Å². The lowest BCUT2D eigenvalue weighted by molar-refractivity contribution is -0.129. The lowest BCUT2D eigenvalue weighted by Gasteiger charge is -2.26. The van der Waals surface area contributed by atoms with Crippen molar-refractivity contribution in [3.63, 3.8) is 0 Å². The normalized spacial score (nSPS) is 44.4. The Balaban J connectivity index is 2.08. The average Bonchev–Trinajstić information content (AvgIpc) is 2.73. The summed E-state index contributed by atoms with van der Waals surface area (Å²) in [7, 11) is 1.64. The fourth-order valence-corrected chi connectivity index (χ4v) is 3.26. The number of likely N-dealkylation sites (N-methyl/N-ethyl adjacent to an activating group) is 1. The van der Waals surface area contributed by atoms with Gasteiger partial charge in [0.25, 0.3) is 0 Å². The molecule has 2 fully saturated rings. The summed E-state index contributed by atoms with van der Waals surface area (Å²) in [4.78, 5) is 12.8. The average molecular weight is 249 g/mol. The van der Waals surface area contributed by atoms with Gasteiger partial charge in [-0.2, -0.15) is 0 Å². The molecule has 5 atom stereocenters. The van der Waals surface area contributed by atoms with E-state index >= 15 is 0 Å². The van der Waals surface area contributed by atoms with E-state index in [9.17, 15) is 15.0 Å². The molecule has 92 valence electrons. The SMILES string of the molecule is CN1C(=O)CS[C@@H]1[C@H]1O[C@H](CO)[C@@H](O)[C@@H]1O. The molecule has 0 aromatic heterocycles. The molecule has 0 aromatic rings. The van der Waals surface area contributed by atoms with Crippen LogP contribution in [0.2, 0.25) is 0 Å². The number of thioether (sulfide) groups is 1. The van der Waals surface area contributed by atoms with Gasteiger partial charge in [0.2, 0.25) is 5.91 Å². The number of carbonyl (C=O) groups excluding carboxylic acids is 1. The van der Waals surface area contributed by atoms with Gasteiger partial charge in [0.15, 0.2) is 0 Å². The van der Waals surface area contributed by atoms with Gasteiger partial charge in [0, 0.05) is 7.05 Å². The van der Waals surface area contributed by atoms with Gasteiger partial charge in [-0.1, -0.05) is 0 Å². The molecule has 0 radical (unpaired) electrons. The summed E-state index contributed by atoms with van der Waals surface area (Å²) in [5, 5.41) is 28.0. The minimum Gasteiger partial charge on any atom is -0.394 e. The summed E-state index contributed by atoms with van der Waals surface area (Å²) in [5.74, 6) is 0.334. The lowest BCUT2D eigenvalue weighted by atomic mass is 10.1. The molecule has 6 nitrogen and oxygen atoms in total. The highest BCUT2D eigenvalue weighted by Gasteiger charge is 2.49. The van der Waals surface area contributed by atoms with Crippen LogP contribution in [-0.2, 0) is 9.53 Å². The van der Waals surface area contributed by atoms with Gasteiger partial charge in [0.1, 0.15) is 29.8 Å². The van der Waals surface area contributed by atoms with Crippen molar-refractivity contribution in [1.82, 2.24) is 4.90 Å². The predicted molar refractivity (Wildman–Crippen MR) is 56.8 cm³/mol. The highest BCUT2D eigenvalue weighted by molar-refractivity contribution is 8.01. The Morgan fingerprint density at radius 2 is 2.19 bits per heavy atom. The largest absolute Gasteiger partial charge is 0.394 e. The number of hydrogen-bond donors (Lipinski definition) is 3. The zero-order chi connectivity index (χ0) is 11.9. The van der Waals surface area contributed by atoms with Crippen molar-refractivity contribution in [3.8, 4) is 0 Å². The first-order chi connectivity index (χ1) is 7.56. The first-order valence-corrected chi connectivity index (χ1v) is 6.11. The summed E-state index contributed by atoms with van der Waals surface area (Å²) in [6, 6.07) is 0. The van der Waals surface area contributed by atoms with E-state index in [2.05, 4.69) is 0 Å². The van der Waals surface area contributed by atoms with Gasteiger partial charge >= 0.3 is 0 Å². The molecule has 2 rings (SSSR count). The number of aliphatic hydroxyl groups excluding tert-OH is 3. The van der Waals surface area contributed by atoms with Gasteiger partial charge in [-0.25, -0.2) is 0 Å². The van der Waals surface area contributed by atoms with Crippen LogP contribution in [0.5, 0.6) is 0 Å². The highest BCUT2D eigenvalue weighted by Crippen LogP contribution is 2.34. The third-order valence-electron chi connectivity index (χ3n) is 3.01. The van der Waals surface area contributed by atoms with E-state index in [0.29, 0.717) is 5.75 Å². The number of nitrogens with zero attached hydrogens (tertiary/aromatic N) is 1. The van der Waals surface area contributed by atoms with Crippen LogP contribution in [0.3, 0.4) is 0 Å². The molecular formula is C9H15NO5S. The molecule has 0 saturated carbocycles. The standard InChI is InChI=1S/C9H15NO5S/c1-10-5(12)3-16-9(10)8-7(14)6(13)4(2-11)15-8/h4,6-9,11,13-14H,2-3H2,1H3/t4-,6-,7+,8+,9-/m1/s1. The van der Waals surface area contributed by atoms with Crippen molar-refractivity contribution < 1.29 is 24.9 Å². The minimum atomic E-state index is -1.10. The van der Waals surface area contributed by atoms with Gasteiger partial charge in [0.05, 0.1) is 12.4 Å². The van der Waals surface area contributed by atoms with Crippen molar-refractivity contribution in [3.05, 3.63) is 0 Å². The first kappa shape index (κ1) is 12.1. The van der Waals surface area contributed by atoms with E-state index < -0.39 is 24.4 Å². The van der Waals surface area contributed by atoms with Crippen LogP contribution >= 0.6 is 11.8 Å². The predicted octanol–water partition coefficient (Wildman–Crippen LogP) is -2.00. The van der Waals surface area contributed by atoms with E-state index in [4.69, 9.17) is 9.84 Å². The molecule has 2 heterocycles. The lowest BCUT2D eigenvalue weighted by Crippen LogP contribution is -2.44. The molecule has 2 aliphatic heterocycles. The summed E-state index contributed by atoms with van der Waals surface area (Å²) < 4.78 is 5.37. The van der Waals surface area contributed by atoms with Crippen LogP contribution in [0.25, 0.3) is 0 Å². The molecule has 16 heavy (non-hydrogen) atoms. The summed E-state index contributed by atoms with van der Waals surface area (Å²) in [6.07, 6.45) is -3.58. The number of amides is 1. The zero-order valence-electron chi connectivity index (χ0n) is 8.81. The molecule has 0 bridgehead atoms. The molecule has 0 aromatic carbocycles. The Kier molecular flexibility index (Phi) is 3.41. The molecule has 0 unspecified atom stereocenters. The van der Waals surface area contributed by atoms with Crippen LogP contribution in [0.1, 0.15) is 0 Å². The maximum Gasteiger partial charge on any atom is 0.233 e. The summed E-state index contributed by atoms with van der Waals surface area (Å²) in [5.41, 5.74) is 0.